The van der Waals surface area contributed by atoms with Crippen LogP contribution in [0.2, 0.25) is 0 Å². The van der Waals surface area contributed by atoms with Gasteiger partial charge in [0.15, 0.2) is 0 Å². The van der Waals surface area contributed by atoms with Gasteiger partial charge < -0.3 is 15.5 Å². The van der Waals surface area contributed by atoms with E-state index in [0.717, 1.165) is 19.0 Å². The number of rotatable bonds is 2. The van der Waals surface area contributed by atoms with Crippen molar-refractivity contribution in [1.29, 1.82) is 0 Å². The Bertz CT molecular complexity index is 131. The number of nitrogens with one attached hydrogen (secondary N) is 1. The first-order valence-electron chi connectivity index (χ1n) is 5.01. The van der Waals surface area contributed by atoms with Crippen LogP contribution in [-0.4, -0.2) is 50.7 Å². The molecule has 1 atom stereocenters. The zero-order valence-electron chi connectivity index (χ0n) is 8.08. The Morgan fingerprint density at radius 2 is 2.08 bits per heavy atom. The minimum absolute atomic E-state index is 0. The summed E-state index contributed by atoms with van der Waals surface area (Å²) in [6.45, 7) is 8.31. The van der Waals surface area contributed by atoms with Crippen molar-refractivity contribution >= 4 is 0 Å². The minimum Gasteiger partial charge on any atom is -0.662 e. The Morgan fingerprint density at radius 3 is 2.69 bits per heavy atom. The van der Waals surface area contributed by atoms with Crippen molar-refractivity contribution in [3.05, 3.63) is 5.32 Å². The van der Waals surface area contributed by atoms with Gasteiger partial charge in [-0.05, 0) is 12.5 Å². The molecule has 0 amide bonds. The van der Waals surface area contributed by atoms with Crippen LogP contribution in [0, 0.1) is 5.92 Å². The summed E-state index contributed by atoms with van der Waals surface area (Å²) < 4.78 is 0. The standard InChI is InChI=1S/C9H18N3.V/c1-2-11-7-9(1)8-12-5-3-10-4-6-12;/h9-10H,1-8H2;/q-1;/t9-;/m1./s1. The number of piperazine rings is 1. The third-order valence-corrected chi connectivity index (χ3v) is 2.81. The molecule has 1 radical (unpaired) electrons. The molecule has 2 heterocycles. The molecule has 0 aromatic rings. The van der Waals surface area contributed by atoms with Gasteiger partial charge in [0.2, 0.25) is 0 Å². The molecule has 0 bridgehead atoms. The summed E-state index contributed by atoms with van der Waals surface area (Å²) in [6.07, 6.45) is 1.32. The Kier molecular flexibility index (Phi) is 5.36. The van der Waals surface area contributed by atoms with Gasteiger partial charge in [-0.2, -0.15) is 0 Å². The predicted molar refractivity (Wildman–Crippen MR) is 50.5 cm³/mol. The monoisotopic (exact) mass is 219 g/mol. The first-order valence-corrected chi connectivity index (χ1v) is 5.01. The molecular weight excluding hydrogens is 201 g/mol. The van der Waals surface area contributed by atoms with Gasteiger partial charge in [0.05, 0.1) is 0 Å². The quantitative estimate of drug-likeness (QED) is 0.723. The van der Waals surface area contributed by atoms with Crippen molar-refractivity contribution in [1.82, 2.24) is 10.2 Å². The molecule has 4 heteroatoms. The Hall–Kier alpha value is 0.464. The second-order valence-electron chi connectivity index (χ2n) is 3.84. The molecule has 75 valence electrons. The van der Waals surface area contributed by atoms with Gasteiger partial charge in [-0.25, -0.2) is 0 Å². The van der Waals surface area contributed by atoms with Gasteiger partial charge in [-0.3, -0.25) is 0 Å². The van der Waals surface area contributed by atoms with E-state index >= 15 is 0 Å². The van der Waals surface area contributed by atoms with Gasteiger partial charge in [0.1, 0.15) is 0 Å². The van der Waals surface area contributed by atoms with E-state index in [4.69, 9.17) is 0 Å². The average Bonchev–Trinajstić information content (AvgIpc) is 2.59. The van der Waals surface area contributed by atoms with Gasteiger partial charge in [0.25, 0.3) is 0 Å². The normalized spacial score (nSPS) is 30.0. The third-order valence-electron chi connectivity index (χ3n) is 2.81. The van der Waals surface area contributed by atoms with Crippen molar-refractivity contribution < 1.29 is 18.6 Å². The molecule has 0 aliphatic carbocycles. The summed E-state index contributed by atoms with van der Waals surface area (Å²) in [4.78, 5) is 2.57. The van der Waals surface area contributed by atoms with Crippen LogP contribution in [-0.2, 0) is 18.6 Å². The fraction of sp³-hybridized carbons (Fsp3) is 1.00. The maximum Gasteiger partial charge on any atom is 0.0107 e. The van der Waals surface area contributed by atoms with Gasteiger partial charge in [-0.15, -0.1) is 13.1 Å². The van der Waals surface area contributed by atoms with Gasteiger partial charge >= 0.3 is 0 Å². The Morgan fingerprint density at radius 1 is 1.31 bits per heavy atom. The molecule has 2 aliphatic rings. The summed E-state index contributed by atoms with van der Waals surface area (Å²) in [7, 11) is 0. The summed E-state index contributed by atoms with van der Waals surface area (Å²) >= 11 is 0. The molecule has 2 rings (SSSR count). The summed E-state index contributed by atoms with van der Waals surface area (Å²) in [5, 5.41) is 7.76. The summed E-state index contributed by atoms with van der Waals surface area (Å²) in [6, 6.07) is 0. The fourth-order valence-corrected chi connectivity index (χ4v) is 2.05. The Labute approximate surface area is 92.5 Å². The number of hydrogen-bond donors (Lipinski definition) is 1. The van der Waals surface area contributed by atoms with Crippen LogP contribution in [0.15, 0.2) is 0 Å². The maximum absolute atomic E-state index is 4.39. The third kappa shape index (κ3) is 3.60. The van der Waals surface area contributed by atoms with E-state index in [1.54, 1.807) is 0 Å². The van der Waals surface area contributed by atoms with Crippen LogP contribution >= 0.6 is 0 Å². The first kappa shape index (κ1) is 11.5. The molecule has 0 saturated carbocycles. The van der Waals surface area contributed by atoms with Crippen molar-refractivity contribution in [3.8, 4) is 0 Å². The molecule has 0 aromatic heterocycles. The fourth-order valence-electron chi connectivity index (χ4n) is 2.05. The average molecular weight is 219 g/mol. The SMILES string of the molecule is C1C[C@@H](CN2CCNCC2)C[N-]1.[V]. The van der Waals surface area contributed by atoms with Gasteiger partial charge in [0, 0.05) is 44.7 Å². The van der Waals surface area contributed by atoms with E-state index < -0.39 is 0 Å². The van der Waals surface area contributed by atoms with Crippen LogP contribution in [0.1, 0.15) is 6.42 Å². The van der Waals surface area contributed by atoms with Crippen LogP contribution in [0.3, 0.4) is 0 Å². The predicted octanol–water partition coefficient (Wildman–Crippen LogP) is 0.283. The first-order chi connectivity index (χ1) is 5.95. The molecular formula is C9H18N3V-. The van der Waals surface area contributed by atoms with Crippen LogP contribution in [0.4, 0.5) is 0 Å². The van der Waals surface area contributed by atoms with E-state index in [2.05, 4.69) is 15.5 Å². The van der Waals surface area contributed by atoms with E-state index in [1.165, 1.54) is 39.1 Å². The van der Waals surface area contributed by atoms with E-state index in [9.17, 15) is 0 Å². The maximum atomic E-state index is 4.39. The molecule has 2 fully saturated rings. The molecule has 2 saturated heterocycles. The molecule has 2 aliphatic heterocycles. The van der Waals surface area contributed by atoms with Crippen LogP contribution < -0.4 is 5.32 Å². The zero-order chi connectivity index (χ0) is 8.23. The zero-order valence-corrected chi connectivity index (χ0v) is 9.47. The molecule has 1 N–H and O–H groups in total. The molecule has 0 aromatic carbocycles. The minimum atomic E-state index is 0. The topological polar surface area (TPSA) is 29.4 Å². The smallest absolute Gasteiger partial charge is 0.0107 e. The van der Waals surface area contributed by atoms with E-state index in [-0.39, 0.29) is 18.6 Å². The van der Waals surface area contributed by atoms with E-state index in [1.807, 2.05) is 0 Å². The van der Waals surface area contributed by atoms with Crippen molar-refractivity contribution in [3.63, 3.8) is 0 Å². The van der Waals surface area contributed by atoms with Crippen molar-refractivity contribution in [2.75, 3.05) is 45.8 Å². The molecule has 3 nitrogen and oxygen atoms in total. The van der Waals surface area contributed by atoms with Crippen molar-refractivity contribution in [2.45, 2.75) is 6.42 Å². The second kappa shape index (κ2) is 6.04. The van der Waals surface area contributed by atoms with Crippen LogP contribution in [0.25, 0.3) is 5.32 Å². The second-order valence-corrected chi connectivity index (χ2v) is 3.84. The largest absolute Gasteiger partial charge is 0.662 e. The summed E-state index contributed by atoms with van der Waals surface area (Å²) in [5.41, 5.74) is 0. The van der Waals surface area contributed by atoms with Crippen molar-refractivity contribution in [2.24, 2.45) is 5.92 Å². The molecule has 0 spiro atoms. The number of hydrogen-bond acceptors (Lipinski definition) is 2. The van der Waals surface area contributed by atoms with E-state index in [0.29, 0.717) is 0 Å². The molecule has 13 heavy (non-hydrogen) atoms. The molecule has 0 unspecified atom stereocenters. The summed E-state index contributed by atoms with van der Waals surface area (Å²) in [5.74, 6) is 0.864. The number of nitrogens with zero attached hydrogens (tertiary/aromatic N) is 2. The van der Waals surface area contributed by atoms with Crippen LogP contribution in [0.5, 0.6) is 0 Å². The Balaban J connectivity index is 0.000000845. The van der Waals surface area contributed by atoms with Gasteiger partial charge in [-0.1, -0.05) is 6.42 Å².